The van der Waals surface area contributed by atoms with Gasteiger partial charge in [-0.05, 0) is 24.6 Å². The second kappa shape index (κ2) is 8.27. The normalized spacial score (nSPS) is 12.7. The first kappa shape index (κ1) is 21.8. The molecule has 2 aromatic rings. The van der Waals surface area contributed by atoms with Gasteiger partial charge in [-0.3, -0.25) is 10.1 Å². The molecule has 0 radical (unpaired) electrons. The molecule has 146 valence electrons. The molecule has 1 atom stereocenters. The van der Waals surface area contributed by atoms with Crippen molar-refractivity contribution in [3.63, 3.8) is 0 Å². The lowest BCUT2D eigenvalue weighted by Crippen LogP contribution is -2.08. The molecule has 0 aromatic heterocycles. The van der Waals surface area contributed by atoms with Crippen LogP contribution in [0.4, 0.5) is 18.9 Å². The molecule has 12 heteroatoms. The Morgan fingerprint density at radius 2 is 1.74 bits per heavy atom. The van der Waals surface area contributed by atoms with Crippen LogP contribution in [0.5, 0.6) is 11.5 Å². The molecule has 2 rings (SSSR count). The summed E-state index contributed by atoms with van der Waals surface area (Å²) >= 11 is 17.3. The summed E-state index contributed by atoms with van der Waals surface area (Å²) in [6.07, 6.45) is -4.38. The van der Waals surface area contributed by atoms with Gasteiger partial charge in [-0.2, -0.15) is 13.2 Å². The van der Waals surface area contributed by atoms with Gasteiger partial charge in [0.25, 0.3) is 5.69 Å². The molecular formula is C15H10Cl3F3NO4P. The van der Waals surface area contributed by atoms with Crippen LogP contribution in [-0.4, -0.2) is 4.92 Å². The first-order valence-electron chi connectivity index (χ1n) is 7.21. The quantitative estimate of drug-likeness (QED) is 0.285. The number of nitrogens with zero attached hydrogens (tertiary/aromatic N) is 1. The Bertz CT molecular complexity index is 914. The molecular weight excluding hydrogens is 452 g/mol. The van der Waals surface area contributed by atoms with E-state index in [9.17, 15) is 27.9 Å². The topological polar surface area (TPSA) is 69.4 Å². The van der Waals surface area contributed by atoms with Crippen molar-refractivity contribution in [2.24, 2.45) is 0 Å². The van der Waals surface area contributed by atoms with Crippen LogP contribution in [0.25, 0.3) is 0 Å². The minimum absolute atomic E-state index is 0.000610. The van der Waals surface area contributed by atoms with Gasteiger partial charge in [-0.15, -0.1) is 0 Å². The molecule has 0 bridgehead atoms. The monoisotopic (exact) mass is 461 g/mol. The van der Waals surface area contributed by atoms with E-state index in [1.165, 1.54) is 0 Å². The third-order valence-electron chi connectivity index (χ3n) is 3.51. The molecule has 0 N–H and O–H groups in total. The average molecular weight is 463 g/mol. The van der Waals surface area contributed by atoms with Gasteiger partial charge in [0, 0.05) is 11.6 Å². The van der Waals surface area contributed by atoms with Crippen LogP contribution in [0.15, 0.2) is 24.3 Å². The van der Waals surface area contributed by atoms with Crippen LogP contribution in [-0.2, 0) is 17.2 Å². The largest absolute Gasteiger partial charge is 0.454 e. The minimum Gasteiger partial charge on any atom is -0.454 e. The smallest absolute Gasteiger partial charge is 0.416 e. The zero-order valence-electron chi connectivity index (χ0n) is 13.4. The van der Waals surface area contributed by atoms with Crippen molar-refractivity contribution in [3.05, 3.63) is 55.6 Å². The van der Waals surface area contributed by atoms with E-state index in [4.69, 9.17) is 39.2 Å². The molecule has 27 heavy (non-hydrogen) atoms. The summed E-state index contributed by atoms with van der Waals surface area (Å²) in [5.41, 5.74) is -1.17. The Labute approximate surface area is 166 Å². The van der Waals surface area contributed by atoms with Gasteiger partial charge >= 0.3 is 6.18 Å². The molecule has 0 aliphatic rings. The SMILES string of the molecule is CCc1cc([N+](=O)[O-])c([PH](=O)Cl)cc1Oc1c(Cl)cc(C(F)(F)F)cc1Cl. The number of hydrogen-bond acceptors (Lipinski definition) is 4. The highest BCUT2D eigenvalue weighted by Gasteiger charge is 2.32. The van der Waals surface area contributed by atoms with Crippen LogP contribution in [0.2, 0.25) is 10.0 Å². The Morgan fingerprint density at radius 3 is 2.15 bits per heavy atom. The van der Waals surface area contributed by atoms with Crippen LogP contribution in [0.1, 0.15) is 18.1 Å². The van der Waals surface area contributed by atoms with Crippen molar-refractivity contribution < 1.29 is 27.4 Å². The van der Waals surface area contributed by atoms with Crippen LogP contribution < -0.4 is 10.0 Å². The molecule has 0 aliphatic carbocycles. The zero-order valence-corrected chi connectivity index (χ0v) is 16.6. The lowest BCUT2D eigenvalue weighted by molar-refractivity contribution is -0.383. The second-order valence-corrected chi connectivity index (χ2v) is 8.16. The highest BCUT2D eigenvalue weighted by Crippen LogP contribution is 2.43. The predicted molar refractivity (Wildman–Crippen MR) is 98.5 cm³/mol. The number of alkyl halides is 3. The predicted octanol–water partition coefficient (Wildman–Crippen LogP) is 6.61. The molecule has 0 amide bonds. The number of nitro groups is 1. The number of benzene rings is 2. The van der Waals surface area contributed by atoms with Crippen LogP contribution >= 0.6 is 41.6 Å². The number of ether oxygens (including phenoxy) is 1. The van der Waals surface area contributed by atoms with Crippen molar-refractivity contribution in [1.29, 1.82) is 0 Å². The van der Waals surface area contributed by atoms with Gasteiger partial charge in [0.2, 0.25) is 0 Å². The van der Waals surface area contributed by atoms with Crippen LogP contribution in [0, 0.1) is 10.1 Å². The fourth-order valence-electron chi connectivity index (χ4n) is 2.22. The minimum atomic E-state index is -4.65. The maximum absolute atomic E-state index is 12.8. The Morgan fingerprint density at radius 1 is 1.19 bits per heavy atom. The van der Waals surface area contributed by atoms with E-state index >= 15 is 0 Å². The maximum Gasteiger partial charge on any atom is 0.416 e. The first-order chi connectivity index (χ1) is 12.5. The van der Waals surface area contributed by atoms with Crippen molar-refractivity contribution >= 4 is 52.6 Å². The summed E-state index contributed by atoms with van der Waals surface area (Å²) < 4.78 is 55.7. The lowest BCUT2D eigenvalue weighted by Gasteiger charge is -2.15. The number of nitro benzene ring substituents is 1. The van der Waals surface area contributed by atoms with Gasteiger partial charge in [0.05, 0.1) is 20.5 Å². The van der Waals surface area contributed by atoms with E-state index in [-0.39, 0.29) is 23.2 Å². The third-order valence-corrected chi connectivity index (χ3v) is 5.50. The van der Waals surface area contributed by atoms with E-state index < -0.39 is 39.5 Å². The van der Waals surface area contributed by atoms with E-state index in [1.807, 2.05) is 0 Å². The van der Waals surface area contributed by atoms with Crippen LogP contribution in [0.3, 0.4) is 0 Å². The molecule has 2 aromatic carbocycles. The zero-order chi connectivity index (χ0) is 20.5. The first-order valence-corrected chi connectivity index (χ1v) is 10.4. The number of halogens is 6. The maximum atomic E-state index is 12.8. The average Bonchev–Trinajstić information content (AvgIpc) is 2.56. The summed E-state index contributed by atoms with van der Waals surface area (Å²) in [4.78, 5) is 10.4. The molecule has 0 heterocycles. The van der Waals surface area contributed by atoms with Crippen molar-refractivity contribution in [2.45, 2.75) is 19.5 Å². The summed E-state index contributed by atoms with van der Waals surface area (Å²) in [7, 11) is -2.98. The van der Waals surface area contributed by atoms with Gasteiger partial charge in [-0.1, -0.05) is 41.4 Å². The highest BCUT2D eigenvalue weighted by molar-refractivity contribution is 7.80. The van der Waals surface area contributed by atoms with E-state index in [2.05, 4.69) is 0 Å². The fourth-order valence-corrected chi connectivity index (χ4v) is 3.85. The van der Waals surface area contributed by atoms with Crippen molar-refractivity contribution in [1.82, 2.24) is 0 Å². The molecule has 5 nitrogen and oxygen atoms in total. The lowest BCUT2D eigenvalue weighted by atomic mass is 10.1. The Hall–Kier alpha value is -1.47. The molecule has 0 saturated carbocycles. The van der Waals surface area contributed by atoms with Gasteiger partial charge in [0.15, 0.2) is 12.9 Å². The summed E-state index contributed by atoms with van der Waals surface area (Å²) in [5, 5.41) is 10.1. The molecule has 0 spiro atoms. The molecule has 1 unspecified atom stereocenters. The molecule has 0 saturated heterocycles. The third kappa shape index (κ3) is 4.88. The number of rotatable bonds is 5. The number of aryl methyl sites for hydroxylation is 1. The standard InChI is InChI=1S/C15H10Cl3F3NO4P/c1-2-7-3-11(22(23)24)13(27(18)25)6-12(7)26-14-9(16)4-8(5-10(14)17)15(19,20)21/h3-6,27H,2H2,1H3. The highest BCUT2D eigenvalue weighted by atomic mass is 35.7. The molecule has 0 aliphatic heterocycles. The summed E-state index contributed by atoms with van der Waals surface area (Å²) in [5.74, 6) is -0.268. The van der Waals surface area contributed by atoms with Gasteiger partial charge in [0.1, 0.15) is 11.1 Å². The van der Waals surface area contributed by atoms with E-state index in [1.54, 1.807) is 6.92 Å². The van der Waals surface area contributed by atoms with E-state index in [0.29, 0.717) is 17.7 Å². The fraction of sp³-hybridized carbons (Fsp3) is 0.200. The Kier molecular flexibility index (Phi) is 6.68. The Balaban J connectivity index is 2.59. The summed E-state index contributed by atoms with van der Waals surface area (Å²) in [6.45, 7) is 1.67. The van der Waals surface area contributed by atoms with Gasteiger partial charge in [-0.25, -0.2) is 0 Å². The summed E-state index contributed by atoms with van der Waals surface area (Å²) in [6, 6.07) is 3.53. The van der Waals surface area contributed by atoms with E-state index in [0.717, 1.165) is 12.1 Å². The van der Waals surface area contributed by atoms with Crippen molar-refractivity contribution in [2.75, 3.05) is 0 Å². The van der Waals surface area contributed by atoms with Gasteiger partial charge < -0.3 is 9.30 Å². The second-order valence-electron chi connectivity index (χ2n) is 5.23. The van der Waals surface area contributed by atoms with Crippen molar-refractivity contribution in [3.8, 4) is 11.5 Å². The molecule has 0 fully saturated rings. The number of hydrogen-bond donors (Lipinski definition) is 0.